The van der Waals surface area contributed by atoms with Crippen molar-refractivity contribution in [2.24, 2.45) is 11.7 Å². The Morgan fingerprint density at radius 2 is 2.20 bits per heavy atom. The standard InChI is InChI=1S/C11H20N2OS/c12-10-4-2-1-3-9(10)7-11(14)13-5-6-15-8-13/h9-10H,1-8,12H2. The van der Waals surface area contributed by atoms with Crippen molar-refractivity contribution in [3.05, 3.63) is 0 Å². The summed E-state index contributed by atoms with van der Waals surface area (Å²) in [5.41, 5.74) is 6.05. The topological polar surface area (TPSA) is 46.3 Å². The number of nitrogens with zero attached hydrogens (tertiary/aromatic N) is 1. The Hall–Kier alpha value is -0.220. The van der Waals surface area contributed by atoms with E-state index in [9.17, 15) is 4.79 Å². The van der Waals surface area contributed by atoms with Crippen molar-refractivity contribution in [2.45, 2.75) is 38.1 Å². The molecule has 2 aliphatic rings. The molecule has 0 radical (unpaired) electrons. The minimum atomic E-state index is 0.262. The lowest BCUT2D eigenvalue weighted by molar-refractivity contribution is -0.131. The van der Waals surface area contributed by atoms with Gasteiger partial charge in [-0.05, 0) is 18.8 Å². The van der Waals surface area contributed by atoms with Gasteiger partial charge in [-0.15, -0.1) is 11.8 Å². The molecule has 1 aliphatic carbocycles. The summed E-state index contributed by atoms with van der Waals surface area (Å²) in [6.07, 6.45) is 5.42. The van der Waals surface area contributed by atoms with Crippen molar-refractivity contribution >= 4 is 17.7 Å². The molecule has 2 rings (SSSR count). The van der Waals surface area contributed by atoms with Gasteiger partial charge in [-0.25, -0.2) is 0 Å². The molecular weight excluding hydrogens is 208 g/mol. The summed E-state index contributed by atoms with van der Waals surface area (Å²) in [7, 11) is 0. The van der Waals surface area contributed by atoms with Crippen molar-refractivity contribution < 1.29 is 4.79 Å². The maximum Gasteiger partial charge on any atom is 0.223 e. The molecule has 2 N–H and O–H groups in total. The SMILES string of the molecule is NC1CCCCC1CC(=O)N1CCSC1. The third kappa shape index (κ3) is 2.88. The maximum absolute atomic E-state index is 11.9. The van der Waals surface area contributed by atoms with Gasteiger partial charge in [-0.2, -0.15) is 0 Å². The molecule has 2 atom stereocenters. The second-order valence-electron chi connectivity index (χ2n) is 4.61. The Morgan fingerprint density at radius 3 is 2.87 bits per heavy atom. The first-order valence-electron chi connectivity index (χ1n) is 5.88. The van der Waals surface area contributed by atoms with Gasteiger partial charge in [-0.1, -0.05) is 12.8 Å². The quantitative estimate of drug-likeness (QED) is 0.777. The van der Waals surface area contributed by atoms with Gasteiger partial charge in [0.15, 0.2) is 0 Å². The summed E-state index contributed by atoms with van der Waals surface area (Å²) < 4.78 is 0. The molecule has 0 aromatic rings. The predicted octanol–water partition coefficient (Wildman–Crippen LogP) is 1.43. The first kappa shape index (κ1) is 11.3. The van der Waals surface area contributed by atoms with Gasteiger partial charge in [0.25, 0.3) is 0 Å². The van der Waals surface area contributed by atoms with Gasteiger partial charge >= 0.3 is 0 Å². The minimum absolute atomic E-state index is 0.262. The van der Waals surface area contributed by atoms with Gasteiger partial charge in [0.2, 0.25) is 5.91 Å². The van der Waals surface area contributed by atoms with Crippen molar-refractivity contribution in [2.75, 3.05) is 18.2 Å². The fraction of sp³-hybridized carbons (Fsp3) is 0.909. The summed E-state index contributed by atoms with van der Waals surface area (Å²) in [5, 5.41) is 0. The molecule has 4 heteroatoms. The van der Waals surface area contributed by atoms with Crippen LogP contribution in [0, 0.1) is 5.92 Å². The molecule has 2 unspecified atom stereocenters. The second kappa shape index (κ2) is 5.21. The largest absolute Gasteiger partial charge is 0.333 e. The van der Waals surface area contributed by atoms with Crippen LogP contribution in [0.1, 0.15) is 32.1 Å². The average molecular weight is 228 g/mol. The van der Waals surface area contributed by atoms with Crippen LogP contribution in [-0.2, 0) is 4.79 Å². The van der Waals surface area contributed by atoms with E-state index in [1.807, 2.05) is 16.7 Å². The monoisotopic (exact) mass is 228 g/mol. The summed E-state index contributed by atoms with van der Waals surface area (Å²) in [6, 6.07) is 0.262. The molecule has 1 aliphatic heterocycles. The van der Waals surface area contributed by atoms with E-state index in [0.717, 1.165) is 31.0 Å². The third-order valence-corrected chi connectivity index (χ3v) is 4.48. The van der Waals surface area contributed by atoms with E-state index >= 15 is 0 Å². The lowest BCUT2D eigenvalue weighted by Gasteiger charge is -2.29. The van der Waals surface area contributed by atoms with E-state index in [-0.39, 0.29) is 6.04 Å². The zero-order chi connectivity index (χ0) is 10.7. The highest BCUT2D eigenvalue weighted by Gasteiger charge is 2.27. The van der Waals surface area contributed by atoms with Crippen LogP contribution in [0.25, 0.3) is 0 Å². The first-order valence-corrected chi connectivity index (χ1v) is 7.04. The zero-order valence-electron chi connectivity index (χ0n) is 9.15. The fourth-order valence-corrected chi connectivity index (χ4v) is 3.43. The van der Waals surface area contributed by atoms with Crippen LogP contribution in [0.15, 0.2) is 0 Å². The van der Waals surface area contributed by atoms with E-state index in [2.05, 4.69) is 0 Å². The van der Waals surface area contributed by atoms with Gasteiger partial charge in [0.05, 0.1) is 5.88 Å². The molecule has 1 saturated carbocycles. The van der Waals surface area contributed by atoms with Crippen LogP contribution in [0.5, 0.6) is 0 Å². The molecule has 0 aromatic heterocycles. The van der Waals surface area contributed by atoms with E-state index in [1.165, 1.54) is 12.8 Å². The molecular formula is C11H20N2OS. The molecule has 86 valence electrons. The molecule has 2 fully saturated rings. The van der Waals surface area contributed by atoms with Crippen LogP contribution in [0.2, 0.25) is 0 Å². The average Bonchev–Trinajstić information content (AvgIpc) is 2.74. The number of carbonyl (C=O) groups is 1. The Kier molecular flexibility index (Phi) is 3.92. The highest BCUT2D eigenvalue weighted by atomic mass is 32.2. The Bertz CT molecular complexity index is 229. The van der Waals surface area contributed by atoms with Crippen LogP contribution in [0.4, 0.5) is 0 Å². The van der Waals surface area contributed by atoms with Crippen molar-refractivity contribution in [3.8, 4) is 0 Å². The molecule has 15 heavy (non-hydrogen) atoms. The highest BCUT2D eigenvalue weighted by molar-refractivity contribution is 7.99. The van der Waals surface area contributed by atoms with Crippen molar-refractivity contribution in [3.63, 3.8) is 0 Å². The maximum atomic E-state index is 11.9. The summed E-state index contributed by atoms with van der Waals surface area (Å²) >= 11 is 1.85. The van der Waals surface area contributed by atoms with Gasteiger partial charge in [0, 0.05) is 24.8 Å². The Labute approximate surface area is 95.8 Å². The molecule has 0 aromatic carbocycles. The van der Waals surface area contributed by atoms with Crippen LogP contribution in [0.3, 0.4) is 0 Å². The van der Waals surface area contributed by atoms with Crippen molar-refractivity contribution in [1.82, 2.24) is 4.90 Å². The molecule has 1 amide bonds. The minimum Gasteiger partial charge on any atom is -0.333 e. The van der Waals surface area contributed by atoms with E-state index < -0.39 is 0 Å². The zero-order valence-corrected chi connectivity index (χ0v) is 9.97. The number of hydrogen-bond acceptors (Lipinski definition) is 3. The van der Waals surface area contributed by atoms with Gasteiger partial charge in [0.1, 0.15) is 0 Å². The molecule has 0 bridgehead atoms. The first-order chi connectivity index (χ1) is 7.27. The second-order valence-corrected chi connectivity index (χ2v) is 5.68. The van der Waals surface area contributed by atoms with E-state index in [0.29, 0.717) is 18.2 Å². The molecule has 1 saturated heterocycles. The van der Waals surface area contributed by atoms with Gasteiger partial charge in [-0.3, -0.25) is 4.79 Å². The lowest BCUT2D eigenvalue weighted by Crippen LogP contribution is -2.38. The Balaban J connectivity index is 1.81. The lowest BCUT2D eigenvalue weighted by atomic mass is 9.83. The van der Waals surface area contributed by atoms with Crippen LogP contribution in [-0.4, -0.2) is 35.0 Å². The van der Waals surface area contributed by atoms with Crippen molar-refractivity contribution in [1.29, 1.82) is 0 Å². The number of amides is 1. The molecule has 0 spiro atoms. The molecule has 1 heterocycles. The van der Waals surface area contributed by atoms with Crippen LogP contribution >= 0.6 is 11.8 Å². The summed E-state index contributed by atoms with van der Waals surface area (Å²) in [6.45, 7) is 0.936. The number of thioether (sulfide) groups is 1. The number of hydrogen-bond donors (Lipinski definition) is 1. The normalized spacial score (nSPS) is 31.9. The number of rotatable bonds is 2. The number of carbonyl (C=O) groups excluding carboxylic acids is 1. The Morgan fingerprint density at radius 1 is 1.40 bits per heavy atom. The number of nitrogens with two attached hydrogens (primary N) is 1. The van der Waals surface area contributed by atoms with Crippen LogP contribution < -0.4 is 5.73 Å². The third-order valence-electron chi connectivity index (χ3n) is 3.51. The van der Waals surface area contributed by atoms with E-state index in [4.69, 9.17) is 5.73 Å². The highest BCUT2D eigenvalue weighted by Crippen LogP contribution is 2.27. The van der Waals surface area contributed by atoms with E-state index in [1.54, 1.807) is 0 Å². The fourth-order valence-electron chi connectivity index (χ4n) is 2.45. The summed E-state index contributed by atoms with van der Waals surface area (Å²) in [5.74, 6) is 2.75. The molecule has 3 nitrogen and oxygen atoms in total. The smallest absolute Gasteiger partial charge is 0.223 e. The predicted molar refractivity (Wildman–Crippen MR) is 63.6 cm³/mol. The summed E-state index contributed by atoms with van der Waals surface area (Å²) in [4.78, 5) is 13.9. The van der Waals surface area contributed by atoms with Gasteiger partial charge < -0.3 is 10.6 Å².